The van der Waals surface area contributed by atoms with Gasteiger partial charge >= 0.3 is 11.9 Å². The van der Waals surface area contributed by atoms with E-state index in [0.29, 0.717) is 13.2 Å². The number of nitrogens with zero attached hydrogens (tertiary/aromatic N) is 1. The molecule has 6 atom stereocenters. The summed E-state index contributed by atoms with van der Waals surface area (Å²) < 4.78 is 33.7. The molecule has 4 rings (SSSR count). The van der Waals surface area contributed by atoms with E-state index in [4.69, 9.17) is 33.3 Å². The van der Waals surface area contributed by atoms with Crippen LogP contribution in [0.2, 0.25) is 0 Å². The maximum Gasteiger partial charge on any atom is 0.338 e. The van der Waals surface area contributed by atoms with Gasteiger partial charge in [-0.15, -0.1) is 0 Å². The second kappa shape index (κ2) is 13.1. The molecule has 10 nitrogen and oxygen atoms in total. The van der Waals surface area contributed by atoms with E-state index in [1.807, 2.05) is 60.7 Å². The smallest absolute Gasteiger partial charge is 0.338 e. The number of hydroxylamine groups is 2. The molecule has 0 aliphatic carbocycles. The molecule has 2 aromatic rings. The molecule has 2 saturated heterocycles. The lowest BCUT2D eigenvalue weighted by molar-refractivity contribution is -0.208. The molecule has 2 aliphatic heterocycles. The minimum atomic E-state index is -1.19. The number of methoxy groups -OCH3 is 3. The van der Waals surface area contributed by atoms with E-state index in [9.17, 15) is 9.59 Å². The van der Waals surface area contributed by atoms with Crippen LogP contribution < -0.4 is 0 Å². The van der Waals surface area contributed by atoms with Gasteiger partial charge in [0.05, 0.1) is 46.1 Å². The first-order valence-corrected chi connectivity index (χ1v) is 12.1. The molecule has 0 bridgehead atoms. The zero-order valence-electron chi connectivity index (χ0n) is 21.2. The van der Waals surface area contributed by atoms with Crippen LogP contribution in [0.1, 0.15) is 11.1 Å². The Hall–Kier alpha value is -2.86. The molecule has 0 spiro atoms. The van der Waals surface area contributed by atoms with Crippen molar-refractivity contribution in [1.82, 2.24) is 5.06 Å². The van der Waals surface area contributed by atoms with Gasteiger partial charge in [-0.25, -0.2) is 4.79 Å². The van der Waals surface area contributed by atoms with E-state index < -0.39 is 48.3 Å². The highest BCUT2D eigenvalue weighted by Gasteiger charge is 2.64. The van der Waals surface area contributed by atoms with Gasteiger partial charge in [0.1, 0.15) is 24.9 Å². The van der Waals surface area contributed by atoms with E-state index in [1.165, 1.54) is 21.3 Å². The number of rotatable bonds is 12. The average molecular weight is 516 g/mol. The molecule has 2 fully saturated rings. The van der Waals surface area contributed by atoms with Gasteiger partial charge in [0.25, 0.3) is 0 Å². The second-order valence-electron chi connectivity index (χ2n) is 8.82. The van der Waals surface area contributed by atoms with E-state index >= 15 is 0 Å². The Morgan fingerprint density at radius 1 is 0.811 bits per heavy atom. The van der Waals surface area contributed by atoms with Crippen LogP contribution in [-0.2, 0) is 56.1 Å². The molecule has 0 unspecified atom stereocenters. The number of hydrogen-bond donors (Lipinski definition) is 0. The number of fused-ring (bicyclic) bond motifs is 1. The van der Waals surface area contributed by atoms with Gasteiger partial charge in [0.2, 0.25) is 0 Å². The Bertz CT molecular complexity index is 1010. The van der Waals surface area contributed by atoms with E-state index in [-0.39, 0.29) is 13.4 Å². The van der Waals surface area contributed by atoms with Crippen LogP contribution in [-0.4, -0.2) is 82.1 Å². The third kappa shape index (κ3) is 6.18. The second-order valence-corrected chi connectivity index (χ2v) is 8.82. The largest absolute Gasteiger partial charge is 0.469 e. The molecular weight excluding hydrogens is 482 g/mol. The summed E-state index contributed by atoms with van der Waals surface area (Å²) in [5, 5.41) is 1.59. The molecule has 37 heavy (non-hydrogen) atoms. The fourth-order valence-corrected chi connectivity index (χ4v) is 4.87. The molecule has 10 heteroatoms. The number of esters is 2. The van der Waals surface area contributed by atoms with Crippen molar-refractivity contribution < 1.29 is 42.8 Å². The SMILES string of the molecule is COCO[C@H]1[C@H](OCc2ccccc2)[C@@H](COCc2ccccc2)N2O[C@@H](C(=O)OC)[C@H](C(=O)OC)[C@H]12. The average Bonchev–Trinajstić information content (AvgIpc) is 3.46. The van der Waals surface area contributed by atoms with Gasteiger partial charge in [-0.2, -0.15) is 5.06 Å². The first-order chi connectivity index (χ1) is 18.1. The topological polar surface area (TPSA) is 102 Å². The lowest BCUT2D eigenvalue weighted by atomic mass is 9.90. The molecule has 200 valence electrons. The quantitative estimate of drug-likeness (QED) is 0.309. The van der Waals surface area contributed by atoms with Crippen LogP contribution in [0.4, 0.5) is 0 Å². The number of carbonyl (C=O) groups is 2. The lowest BCUT2D eigenvalue weighted by Crippen LogP contribution is -2.47. The summed E-state index contributed by atoms with van der Waals surface area (Å²) in [5.41, 5.74) is 1.98. The molecule has 0 amide bonds. The van der Waals surface area contributed by atoms with E-state index in [2.05, 4.69) is 0 Å². The molecule has 2 heterocycles. The van der Waals surface area contributed by atoms with Crippen molar-refractivity contribution in [2.45, 2.75) is 43.6 Å². The van der Waals surface area contributed by atoms with Gasteiger partial charge in [-0.3, -0.25) is 9.63 Å². The van der Waals surface area contributed by atoms with Gasteiger partial charge < -0.3 is 28.4 Å². The maximum atomic E-state index is 12.9. The van der Waals surface area contributed by atoms with Crippen molar-refractivity contribution >= 4 is 11.9 Å². The van der Waals surface area contributed by atoms with Crippen molar-refractivity contribution in [2.24, 2.45) is 5.92 Å². The number of carbonyl (C=O) groups excluding carboxylic acids is 2. The molecule has 2 aliphatic rings. The van der Waals surface area contributed by atoms with Gasteiger partial charge in [0, 0.05) is 7.11 Å². The van der Waals surface area contributed by atoms with Crippen LogP contribution in [0.3, 0.4) is 0 Å². The monoisotopic (exact) mass is 515 g/mol. The summed E-state index contributed by atoms with van der Waals surface area (Å²) >= 11 is 0. The van der Waals surface area contributed by atoms with E-state index in [1.54, 1.807) is 5.06 Å². The summed E-state index contributed by atoms with van der Waals surface area (Å²) in [6.07, 6.45) is -2.45. The fourth-order valence-electron chi connectivity index (χ4n) is 4.87. The Balaban J connectivity index is 1.62. The highest BCUT2D eigenvalue weighted by Crippen LogP contribution is 2.43. The standard InChI is InChI=1S/C27H33NO9/c1-31-17-36-25-22-21(26(29)32-2)24(27(30)33-3)37-28(22)20(16-34-14-18-10-6-4-7-11-18)23(25)35-15-19-12-8-5-9-13-19/h4-13,20-25H,14-17H2,1-3H3/t20-,21-,22-,23-,24-,25-/m1/s1. The zero-order valence-corrected chi connectivity index (χ0v) is 21.2. The first-order valence-electron chi connectivity index (χ1n) is 12.1. The molecular formula is C27H33NO9. The van der Waals surface area contributed by atoms with Gasteiger partial charge in [-0.1, -0.05) is 60.7 Å². The van der Waals surface area contributed by atoms with Crippen molar-refractivity contribution in [3.63, 3.8) is 0 Å². The molecule has 0 N–H and O–H groups in total. The molecule has 0 aromatic heterocycles. The minimum absolute atomic E-state index is 0.0470. The highest BCUT2D eigenvalue weighted by atomic mass is 16.7. The third-order valence-corrected chi connectivity index (χ3v) is 6.56. The molecule has 0 radical (unpaired) electrons. The van der Waals surface area contributed by atoms with Crippen molar-refractivity contribution in [3.05, 3.63) is 71.8 Å². The zero-order chi connectivity index (χ0) is 26.2. The first kappa shape index (κ1) is 27.2. The molecule has 0 saturated carbocycles. The van der Waals surface area contributed by atoms with Crippen molar-refractivity contribution in [3.8, 4) is 0 Å². The Morgan fingerprint density at radius 2 is 1.43 bits per heavy atom. The Morgan fingerprint density at radius 3 is 2.03 bits per heavy atom. The summed E-state index contributed by atoms with van der Waals surface area (Å²) in [6.45, 7) is 0.817. The van der Waals surface area contributed by atoms with Crippen molar-refractivity contribution in [2.75, 3.05) is 34.7 Å². The number of hydrogen-bond acceptors (Lipinski definition) is 10. The number of ether oxygens (including phenoxy) is 6. The summed E-state index contributed by atoms with van der Waals surface area (Å²) in [7, 11) is 4.02. The van der Waals surface area contributed by atoms with Gasteiger partial charge in [0.15, 0.2) is 6.10 Å². The lowest BCUT2D eigenvalue weighted by Gasteiger charge is -2.29. The normalized spacial score (nSPS) is 27.1. The molecule has 2 aromatic carbocycles. The Kier molecular flexibility index (Phi) is 9.62. The Labute approximate surface area is 216 Å². The van der Waals surface area contributed by atoms with Crippen LogP contribution in [0.25, 0.3) is 0 Å². The summed E-state index contributed by atoms with van der Waals surface area (Å²) in [6, 6.07) is 18.3. The predicted molar refractivity (Wildman–Crippen MR) is 130 cm³/mol. The van der Waals surface area contributed by atoms with Crippen LogP contribution in [0, 0.1) is 5.92 Å². The van der Waals surface area contributed by atoms with Crippen LogP contribution in [0.15, 0.2) is 60.7 Å². The summed E-state index contributed by atoms with van der Waals surface area (Å²) in [4.78, 5) is 31.5. The number of benzene rings is 2. The predicted octanol–water partition coefficient (Wildman–Crippen LogP) is 2.11. The van der Waals surface area contributed by atoms with Crippen LogP contribution in [0.5, 0.6) is 0 Å². The van der Waals surface area contributed by atoms with Crippen LogP contribution >= 0.6 is 0 Å². The third-order valence-electron chi connectivity index (χ3n) is 6.56. The van der Waals surface area contributed by atoms with E-state index in [0.717, 1.165) is 11.1 Å². The van der Waals surface area contributed by atoms with Crippen molar-refractivity contribution in [1.29, 1.82) is 0 Å². The maximum absolute atomic E-state index is 12.9. The van der Waals surface area contributed by atoms with Gasteiger partial charge in [-0.05, 0) is 11.1 Å². The summed E-state index contributed by atoms with van der Waals surface area (Å²) in [5.74, 6) is -2.29. The minimum Gasteiger partial charge on any atom is -0.469 e. The highest BCUT2D eigenvalue weighted by molar-refractivity contribution is 5.85. The fraction of sp³-hybridized carbons (Fsp3) is 0.481.